The molecule has 0 aromatic carbocycles. The number of hydrogen-bond acceptors (Lipinski definition) is 11. The Kier molecular flexibility index (Phi) is 25.8. The second-order valence-corrected chi connectivity index (χ2v) is 12.0. The van der Waals surface area contributed by atoms with Crippen molar-refractivity contribution in [1.82, 2.24) is 21.3 Å². The Labute approximate surface area is 275 Å². The number of Topliss-reactive ketones (excluding diaryl/α,β-unsaturated/α-hetero) is 1. The van der Waals surface area contributed by atoms with E-state index in [0.717, 1.165) is 25.7 Å². The van der Waals surface area contributed by atoms with Gasteiger partial charge in [0.15, 0.2) is 5.78 Å². The first-order valence-electron chi connectivity index (χ1n) is 17.0. The van der Waals surface area contributed by atoms with Crippen molar-refractivity contribution in [2.45, 2.75) is 133 Å². The van der Waals surface area contributed by atoms with Crippen molar-refractivity contribution < 1.29 is 24.0 Å². The van der Waals surface area contributed by atoms with Crippen molar-refractivity contribution >= 4 is 29.4 Å². The van der Waals surface area contributed by atoms with Crippen LogP contribution in [0.2, 0.25) is 0 Å². The molecule has 15 heteroatoms. The molecule has 0 bridgehead atoms. The van der Waals surface area contributed by atoms with Crippen molar-refractivity contribution in [2.24, 2.45) is 34.4 Å². The van der Waals surface area contributed by atoms with Gasteiger partial charge in [-0.1, -0.05) is 12.8 Å². The molecule has 0 aliphatic carbocycles. The molecule has 0 aliphatic rings. The third-order valence-electron chi connectivity index (χ3n) is 7.79. The third-order valence-corrected chi connectivity index (χ3v) is 7.79. The molecule has 0 aromatic heterocycles. The second-order valence-electron chi connectivity index (χ2n) is 12.0. The summed E-state index contributed by atoms with van der Waals surface area (Å²) in [7, 11) is 0. The Hall–Kier alpha value is -2.69. The van der Waals surface area contributed by atoms with Crippen molar-refractivity contribution in [3.8, 4) is 0 Å². The lowest BCUT2D eigenvalue weighted by Crippen LogP contribution is -2.48. The molecule has 5 atom stereocenters. The minimum Gasteiger partial charge on any atom is -0.355 e. The molecule has 0 spiro atoms. The van der Waals surface area contributed by atoms with Crippen LogP contribution >= 0.6 is 0 Å². The van der Waals surface area contributed by atoms with Crippen LogP contribution in [0.5, 0.6) is 0 Å². The Bertz CT molecular complexity index is 879. The maximum atomic E-state index is 12.6. The lowest BCUT2D eigenvalue weighted by Gasteiger charge is -2.19. The average Bonchev–Trinajstić information content (AvgIpc) is 3.02. The summed E-state index contributed by atoms with van der Waals surface area (Å²) in [5, 5.41) is 11.2. The normalized spacial score (nSPS) is 14.4. The Balaban J connectivity index is 4.10. The van der Waals surface area contributed by atoms with E-state index in [0.29, 0.717) is 103 Å². The summed E-state index contributed by atoms with van der Waals surface area (Å²) in [4.78, 5) is 60.9. The van der Waals surface area contributed by atoms with Crippen LogP contribution in [-0.4, -0.2) is 92.3 Å². The van der Waals surface area contributed by atoms with Crippen molar-refractivity contribution in [3.05, 3.63) is 0 Å². The molecular formula is C31H64N10O5. The van der Waals surface area contributed by atoms with E-state index in [4.69, 9.17) is 34.4 Å². The van der Waals surface area contributed by atoms with Crippen molar-refractivity contribution in [3.63, 3.8) is 0 Å². The molecule has 15 nitrogen and oxygen atoms in total. The first-order chi connectivity index (χ1) is 21.9. The highest BCUT2D eigenvalue weighted by Crippen LogP contribution is 2.06. The summed E-state index contributed by atoms with van der Waals surface area (Å²) in [6.45, 7) is 3.90. The van der Waals surface area contributed by atoms with Gasteiger partial charge in [-0.3, -0.25) is 24.0 Å². The van der Waals surface area contributed by atoms with Gasteiger partial charge in [0.1, 0.15) is 0 Å². The maximum absolute atomic E-state index is 12.6. The molecule has 46 heavy (non-hydrogen) atoms. The van der Waals surface area contributed by atoms with E-state index in [-0.39, 0.29) is 23.5 Å². The van der Waals surface area contributed by atoms with E-state index < -0.39 is 36.1 Å². The number of hydrogen-bond donors (Lipinski definition) is 10. The molecule has 0 rings (SSSR count). The van der Waals surface area contributed by atoms with E-state index in [1.165, 1.54) is 6.92 Å². The Morgan fingerprint density at radius 1 is 0.457 bits per heavy atom. The molecule has 0 fully saturated rings. The fourth-order valence-electron chi connectivity index (χ4n) is 4.68. The molecule has 0 aromatic rings. The van der Waals surface area contributed by atoms with E-state index in [9.17, 15) is 24.0 Å². The fourth-order valence-corrected chi connectivity index (χ4v) is 4.68. The van der Waals surface area contributed by atoms with E-state index in [1.54, 1.807) is 0 Å². The zero-order chi connectivity index (χ0) is 34.7. The number of amides is 4. The highest BCUT2D eigenvalue weighted by Gasteiger charge is 2.21. The second kappa shape index (κ2) is 27.4. The third kappa shape index (κ3) is 21.9. The molecule has 4 amide bonds. The fraction of sp³-hybridized carbons (Fsp3) is 0.839. The summed E-state index contributed by atoms with van der Waals surface area (Å²) >= 11 is 0. The van der Waals surface area contributed by atoms with Gasteiger partial charge in [0.2, 0.25) is 23.6 Å². The van der Waals surface area contributed by atoms with Gasteiger partial charge in [-0.25, -0.2) is 0 Å². The predicted molar refractivity (Wildman–Crippen MR) is 181 cm³/mol. The molecule has 268 valence electrons. The summed E-state index contributed by atoms with van der Waals surface area (Å²) < 4.78 is 0. The van der Waals surface area contributed by atoms with Gasteiger partial charge in [0.05, 0.1) is 30.2 Å². The summed E-state index contributed by atoms with van der Waals surface area (Å²) in [5.74, 6) is -1.19. The maximum Gasteiger partial charge on any atom is 0.237 e. The van der Waals surface area contributed by atoms with Gasteiger partial charge in [0, 0.05) is 19.6 Å². The van der Waals surface area contributed by atoms with Crippen LogP contribution < -0.4 is 55.7 Å². The number of nitrogens with two attached hydrogens (primary N) is 6. The van der Waals surface area contributed by atoms with E-state index in [2.05, 4.69) is 21.3 Å². The Morgan fingerprint density at radius 2 is 0.761 bits per heavy atom. The van der Waals surface area contributed by atoms with Gasteiger partial charge >= 0.3 is 0 Å². The van der Waals surface area contributed by atoms with E-state index in [1.807, 2.05) is 0 Å². The number of carbonyl (C=O) groups excluding carboxylic acids is 5. The number of ketones is 1. The van der Waals surface area contributed by atoms with Crippen LogP contribution in [0.25, 0.3) is 0 Å². The zero-order valence-corrected chi connectivity index (χ0v) is 28.0. The molecule has 16 N–H and O–H groups in total. The Morgan fingerprint density at radius 3 is 1.09 bits per heavy atom. The van der Waals surface area contributed by atoms with Gasteiger partial charge in [0.25, 0.3) is 0 Å². The smallest absolute Gasteiger partial charge is 0.237 e. The van der Waals surface area contributed by atoms with Gasteiger partial charge in [-0.15, -0.1) is 0 Å². The summed E-state index contributed by atoms with van der Waals surface area (Å²) in [6, 6.07) is -3.16. The van der Waals surface area contributed by atoms with Crippen LogP contribution in [0.15, 0.2) is 0 Å². The van der Waals surface area contributed by atoms with Crippen LogP contribution in [0.4, 0.5) is 0 Å². The SMILES string of the molecule is CC(=O)C(CCCCNC(=O)C(N)CCCCNC(=O)C(N)CCCCN)NC(=O)C(N)CCCCNC(=O)C(N)CCCCN. The van der Waals surface area contributed by atoms with E-state index >= 15 is 0 Å². The summed E-state index contributed by atoms with van der Waals surface area (Å²) in [6.07, 6.45) is 9.69. The monoisotopic (exact) mass is 657 g/mol. The largest absolute Gasteiger partial charge is 0.355 e. The van der Waals surface area contributed by atoms with Crippen LogP contribution in [-0.2, 0) is 24.0 Å². The van der Waals surface area contributed by atoms with Crippen LogP contribution in [0, 0.1) is 0 Å². The molecule has 5 unspecified atom stereocenters. The molecule has 0 heterocycles. The van der Waals surface area contributed by atoms with Gasteiger partial charge < -0.3 is 55.7 Å². The quantitative estimate of drug-likeness (QED) is 0.0413. The molecule has 0 saturated carbocycles. The minimum atomic E-state index is -0.767. The standard InChI is InChI=1S/C31H64N10O5/c1-22(42)27(41-31(46)26(37)15-5-10-20-39-29(44)24(35)13-3-8-18-33)16-6-11-21-40-30(45)25(36)14-4-9-19-38-28(43)23(34)12-2-7-17-32/h23-27H,2-21,32-37H2,1H3,(H,38,43)(H,39,44)(H,40,45)(H,41,46). The number of carbonyl (C=O) groups is 5. The molecule has 0 aliphatic heterocycles. The lowest BCUT2D eigenvalue weighted by molar-refractivity contribution is -0.128. The van der Waals surface area contributed by atoms with Crippen molar-refractivity contribution in [1.29, 1.82) is 0 Å². The van der Waals surface area contributed by atoms with Crippen LogP contribution in [0.3, 0.4) is 0 Å². The zero-order valence-electron chi connectivity index (χ0n) is 28.0. The number of rotatable bonds is 29. The molecule has 0 saturated heterocycles. The highest BCUT2D eigenvalue weighted by molar-refractivity contribution is 5.89. The summed E-state index contributed by atoms with van der Waals surface area (Å²) in [5.41, 5.74) is 34.7. The van der Waals surface area contributed by atoms with Crippen LogP contribution in [0.1, 0.15) is 103 Å². The van der Waals surface area contributed by atoms with Gasteiger partial charge in [-0.05, 0) is 103 Å². The highest BCUT2D eigenvalue weighted by atomic mass is 16.2. The molecular weight excluding hydrogens is 592 g/mol. The topological polar surface area (TPSA) is 290 Å². The molecule has 0 radical (unpaired) electrons. The first kappa shape index (κ1) is 43.3. The van der Waals surface area contributed by atoms with Crippen molar-refractivity contribution in [2.75, 3.05) is 32.7 Å². The predicted octanol–water partition coefficient (Wildman–Crippen LogP) is -1.51. The average molecular weight is 657 g/mol. The minimum absolute atomic E-state index is 0.165. The first-order valence-corrected chi connectivity index (χ1v) is 17.0. The lowest BCUT2D eigenvalue weighted by atomic mass is 10.0. The number of nitrogens with one attached hydrogen (secondary N) is 4. The van der Waals surface area contributed by atoms with Gasteiger partial charge in [-0.2, -0.15) is 0 Å². The number of unbranched alkanes of at least 4 members (excludes halogenated alkanes) is 5.